The first-order chi connectivity index (χ1) is 3.73. The van der Waals surface area contributed by atoms with E-state index in [0.717, 1.165) is 6.92 Å². The van der Waals surface area contributed by atoms with Gasteiger partial charge in [0.1, 0.15) is 0 Å². The summed E-state index contributed by atoms with van der Waals surface area (Å²) in [5, 5.41) is 7.42. The van der Waals surface area contributed by atoms with Gasteiger partial charge in [0, 0.05) is 6.92 Å². The fraction of sp³-hybridized carbons (Fsp3) is 0.500. The van der Waals surface area contributed by atoms with Crippen LogP contribution in [-0.4, -0.2) is 11.1 Å². The summed E-state index contributed by atoms with van der Waals surface area (Å²) in [5.74, 6) is -0.833. The predicted molar refractivity (Wildman–Crippen MR) is 15.4 cm³/mol. The second-order valence-electron chi connectivity index (χ2n) is 0.897. The van der Waals surface area contributed by atoms with E-state index in [4.69, 9.17) is 25.6 Å². The number of aliphatic carboxylic acids is 1. The zero-order valence-electron chi connectivity index (χ0n) is 5.37. The number of carboxylic acids is 1. The van der Waals surface area contributed by atoms with Crippen LogP contribution in [-0.2, 0) is 29.3 Å². The van der Waals surface area contributed by atoms with Crippen LogP contribution in [0.15, 0.2) is 0 Å². The molecular weight excluding hydrogens is 214 g/mol. The Kier molecular flexibility index (Phi) is 13.9. The Balaban J connectivity index is -0.0000000910. The summed E-state index contributed by atoms with van der Waals surface area (Å²) < 4.78 is 34.3. The van der Waals surface area contributed by atoms with Crippen molar-refractivity contribution in [1.82, 2.24) is 0 Å². The van der Waals surface area contributed by atoms with Crippen LogP contribution in [0.5, 0.6) is 0 Å². The van der Waals surface area contributed by atoms with Gasteiger partial charge >= 0.3 is 80.0 Å². The third-order valence-corrected chi connectivity index (χ3v) is 0. The maximum atomic E-state index is 9.00. The molecule has 0 rings (SSSR count). The van der Waals surface area contributed by atoms with Crippen LogP contribution < -0.4 is 55.6 Å². The van der Waals surface area contributed by atoms with Crippen molar-refractivity contribution in [2.24, 2.45) is 0 Å². The quantitative estimate of drug-likeness (QED) is 0.410. The molecule has 0 aromatic heterocycles. The monoisotopic (exact) mass is 218 g/mol. The summed E-state index contributed by atoms with van der Waals surface area (Å²) in [6.45, 7) is 1.08. The Morgan fingerprint density at radius 2 is 1.40 bits per heavy atom. The number of hydrogen-bond donors (Lipinski definition) is 1. The van der Waals surface area contributed by atoms with E-state index in [2.05, 4.69) is 0 Å². The first-order valence-electron chi connectivity index (χ1n) is 1.54. The molecule has 0 unspecified atom stereocenters. The van der Waals surface area contributed by atoms with Gasteiger partial charge in [0.2, 0.25) is 0 Å². The second kappa shape index (κ2) is 8.09. The summed E-state index contributed by atoms with van der Waals surface area (Å²) in [6.07, 6.45) is 0. The van der Waals surface area contributed by atoms with Gasteiger partial charge in [0.15, 0.2) is 0 Å². The molecule has 0 aromatic rings. The number of carboxylic acid groups (broad SMARTS) is 1. The van der Waals surface area contributed by atoms with Crippen LogP contribution >= 0.6 is 0 Å². The number of carbonyl (C=O) groups is 1. The molecule has 0 bridgehead atoms. The van der Waals surface area contributed by atoms with Crippen molar-refractivity contribution >= 4 is 5.97 Å². The van der Waals surface area contributed by atoms with Gasteiger partial charge in [-0.2, -0.15) is 0 Å². The topological polar surface area (TPSA) is 112 Å². The van der Waals surface area contributed by atoms with E-state index in [9.17, 15) is 0 Å². The van der Waals surface area contributed by atoms with Crippen molar-refractivity contribution in [3.05, 3.63) is 0 Å². The van der Waals surface area contributed by atoms with Crippen LogP contribution in [0, 0.1) is 0 Å². The Bertz CT molecular complexity index is 201. The standard InChI is InChI=1S/C2H4O2.K.Mn.4O/c1-2(3)4;;;;;;/h1H3,(H,3,4);;;;;;/q;+1;;;;;-1. The molecule has 0 atom stereocenters. The average Bonchev–Trinajstić information content (AvgIpc) is 1.19. The SMILES string of the molecule is CC(=O)O.[K+].[O]=[Mn](=[O])(=[O])[O-]. The zero-order valence-corrected chi connectivity index (χ0v) is 9.67. The van der Waals surface area contributed by atoms with Crippen LogP contribution in [0.2, 0.25) is 0 Å². The van der Waals surface area contributed by atoms with Gasteiger partial charge in [0.05, 0.1) is 0 Å². The molecule has 0 spiro atoms. The Morgan fingerprint density at radius 3 is 1.40 bits per heavy atom. The Hall–Kier alpha value is 0.986. The zero-order chi connectivity index (χ0) is 8.08. The van der Waals surface area contributed by atoms with Crippen molar-refractivity contribution in [3.63, 3.8) is 0 Å². The molecule has 0 saturated carbocycles. The van der Waals surface area contributed by atoms with Crippen molar-refractivity contribution in [1.29, 1.82) is 0 Å². The van der Waals surface area contributed by atoms with E-state index in [0.29, 0.717) is 0 Å². The molecular formula is C2H4KMnO6. The molecule has 0 aromatic carbocycles. The fourth-order valence-corrected chi connectivity index (χ4v) is 0. The molecule has 10 heavy (non-hydrogen) atoms. The van der Waals surface area contributed by atoms with Crippen molar-refractivity contribution in [2.45, 2.75) is 6.92 Å². The Labute approximate surface area is 101 Å². The molecule has 56 valence electrons. The molecule has 8 heteroatoms. The molecule has 0 aliphatic carbocycles. The maximum absolute atomic E-state index is 9.00. The van der Waals surface area contributed by atoms with Crippen molar-refractivity contribution in [3.8, 4) is 0 Å². The van der Waals surface area contributed by atoms with Crippen LogP contribution in [0.25, 0.3) is 0 Å². The van der Waals surface area contributed by atoms with Gasteiger partial charge < -0.3 is 5.11 Å². The molecule has 0 radical (unpaired) electrons. The van der Waals surface area contributed by atoms with Crippen LogP contribution in [0.1, 0.15) is 6.92 Å². The van der Waals surface area contributed by atoms with E-state index in [1.807, 2.05) is 0 Å². The molecule has 0 aliphatic heterocycles. The molecule has 0 heterocycles. The van der Waals surface area contributed by atoms with Crippen molar-refractivity contribution in [2.75, 3.05) is 0 Å². The van der Waals surface area contributed by atoms with E-state index >= 15 is 0 Å². The molecule has 0 fully saturated rings. The van der Waals surface area contributed by atoms with Crippen molar-refractivity contribution < 1.29 is 89.9 Å². The third kappa shape index (κ3) is 590. The van der Waals surface area contributed by atoms with E-state index in [1.165, 1.54) is 0 Å². The van der Waals surface area contributed by atoms with Gasteiger partial charge in [-0.3, -0.25) is 4.79 Å². The normalized spacial score (nSPS) is 8.20. The fourth-order valence-electron chi connectivity index (χ4n) is 0. The van der Waals surface area contributed by atoms with Gasteiger partial charge in [-0.15, -0.1) is 0 Å². The van der Waals surface area contributed by atoms with E-state index in [1.54, 1.807) is 0 Å². The Morgan fingerprint density at radius 1 is 1.40 bits per heavy atom. The van der Waals surface area contributed by atoms with E-state index in [-0.39, 0.29) is 51.4 Å². The summed E-state index contributed by atoms with van der Waals surface area (Å²) in [6, 6.07) is 0. The summed E-state index contributed by atoms with van der Waals surface area (Å²) in [7, 11) is 0. The van der Waals surface area contributed by atoms with Gasteiger partial charge in [-0.05, 0) is 0 Å². The summed E-state index contributed by atoms with van der Waals surface area (Å²) >= 11 is -5.62. The molecule has 1 N–H and O–H groups in total. The van der Waals surface area contributed by atoms with Crippen LogP contribution in [0.3, 0.4) is 0 Å². The van der Waals surface area contributed by atoms with Crippen LogP contribution in [0.4, 0.5) is 0 Å². The molecule has 0 amide bonds. The van der Waals surface area contributed by atoms with Gasteiger partial charge in [-0.1, -0.05) is 0 Å². The first-order valence-corrected chi connectivity index (χ1v) is 3.47. The minimum atomic E-state index is -5.62. The summed E-state index contributed by atoms with van der Waals surface area (Å²) in [5.41, 5.74) is 0. The molecule has 6 nitrogen and oxygen atoms in total. The van der Waals surface area contributed by atoms with Gasteiger partial charge in [-0.25, -0.2) is 0 Å². The average molecular weight is 218 g/mol. The second-order valence-corrected chi connectivity index (χ2v) is 2.08. The molecule has 0 aliphatic rings. The number of hydrogen-bond acceptors (Lipinski definition) is 5. The first kappa shape index (κ1) is 17.2. The molecule has 0 saturated heterocycles. The number of rotatable bonds is 0. The summed E-state index contributed by atoms with van der Waals surface area (Å²) in [4.78, 5) is 9.00. The minimum absolute atomic E-state index is 0. The van der Waals surface area contributed by atoms with Gasteiger partial charge in [0.25, 0.3) is 5.97 Å². The third-order valence-electron chi connectivity index (χ3n) is 0. The predicted octanol–water partition coefficient (Wildman–Crippen LogP) is -4.45. The van der Waals surface area contributed by atoms with E-state index < -0.39 is 18.9 Å².